The van der Waals surface area contributed by atoms with E-state index in [1.807, 2.05) is 18.8 Å². The molecule has 0 amide bonds. The molecule has 1 aromatic carbocycles. The topological polar surface area (TPSA) is 39.1 Å². The molecule has 1 unspecified atom stereocenters. The molecule has 2 aromatic rings. The lowest BCUT2D eigenvalue weighted by Gasteiger charge is -2.29. The monoisotopic (exact) mass is 259 g/mol. The first-order valence-electron chi connectivity index (χ1n) is 6.98. The van der Waals surface area contributed by atoms with E-state index >= 15 is 0 Å². The molecule has 1 aliphatic rings. The predicted molar refractivity (Wildman–Crippen MR) is 76.1 cm³/mol. The van der Waals surface area contributed by atoms with Crippen molar-refractivity contribution in [2.24, 2.45) is 13.0 Å². The minimum Gasteiger partial charge on any atom is -0.381 e. The fraction of sp³-hybridized carbons (Fsp3) is 0.533. The van der Waals surface area contributed by atoms with Crippen molar-refractivity contribution in [2.45, 2.75) is 18.9 Å². The Balaban J connectivity index is 2.01. The number of aromatic nitrogens is 2. The number of nitrogens with one attached hydrogen (secondary N) is 1. The number of fused-ring (bicyclic) bond motifs is 1. The Kier molecular flexibility index (Phi) is 3.53. The largest absolute Gasteiger partial charge is 0.381 e. The number of hydrogen-bond donors (Lipinski definition) is 1. The van der Waals surface area contributed by atoms with Crippen molar-refractivity contribution in [3.8, 4) is 0 Å². The van der Waals surface area contributed by atoms with E-state index in [4.69, 9.17) is 9.84 Å². The van der Waals surface area contributed by atoms with Crippen molar-refractivity contribution in [1.82, 2.24) is 15.1 Å². The van der Waals surface area contributed by atoms with E-state index in [9.17, 15) is 0 Å². The first-order valence-corrected chi connectivity index (χ1v) is 6.98. The molecule has 1 atom stereocenters. The second-order valence-corrected chi connectivity index (χ2v) is 5.24. The lowest BCUT2D eigenvalue weighted by molar-refractivity contribution is 0.0542. The average Bonchev–Trinajstić information content (AvgIpc) is 2.79. The Bertz CT molecular complexity index is 558. The summed E-state index contributed by atoms with van der Waals surface area (Å²) in [5.74, 6) is 0.608. The maximum atomic E-state index is 5.47. The highest BCUT2D eigenvalue weighted by Gasteiger charge is 2.27. The van der Waals surface area contributed by atoms with Crippen molar-refractivity contribution in [3.05, 3.63) is 30.0 Å². The molecule has 0 saturated carbocycles. The highest BCUT2D eigenvalue weighted by molar-refractivity contribution is 5.82. The van der Waals surface area contributed by atoms with Crippen LogP contribution in [0.1, 0.15) is 24.6 Å². The van der Waals surface area contributed by atoms with E-state index in [0.29, 0.717) is 12.0 Å². The average molecular weight is 259 g/mol. The van der Waals surface area contributed by atoms with Gasteiger partial charge in [0.1, 0.15) is 0 Å². The summed E-state index contributed by atoms with van der Waals surface area (Å²) >= 11 is 0. The molecule has 0 bridgehead atoms. The molecule has 1 fully saturated rings. The highest BCUT2D eigenvalue weighted by Crippen LogP contribution is 2.32. The zero-order valence-electron chi connectivity index (χ0n) is 11.6. The molecule has 1 saturated heterocycles. The van der Waals surface area contributed by atoms with Crippen LogP contribution in [-0.2, 0) is 11.8 Å². The Hall–Kier alpha value is -1.39. The van der Waals surface area contributed by atoms with Crippen LogP contribution in [0.5, 0.6) is 0 Å². The molecule has 0 spiro atoms. The summed E-state index contributed by atoms with van der Waals surface area (Å²) < 4.78 is 7.45. The summed E-state index contributed by atoms with van der Waals surface area (Å²) in [6.45, 7) is 1.74. The maximum Gasteiger partial charge on any atom is 0.0875 e. The maximum absolute atomic E-state index is 5.47. The molecule has 1 aliphatic heterocycles. The van der Waals surface area contributed by atoms with Gasteiger partial charge >= 0.3 is 0 Å². The van der Waals surface area contributed by atoms with E-state index in [0.717, 1.165) is 26.1 Å². The van der Waals surface area contributed by atoms with Crippen LogP contribution >= 0.6 is 0 Å². The van der Waals surface area contributed by atoms with Crippen LogP contribution in [-0.4, -0.2) is 30.0 Å². The first-order chi connectivity index (χ1) is 9.31. The van der Waals surface area contributed by atoms with Gasteiger partial charge in [-0.05, 0) is 31.9 Å². The summed E-state index contributed by atoms with van der Waals surface area (Å²) in [5.41, 5.74) is 2.37. The Labute approximate surface area is 113 Å². The van der Waals surface area contributed by atoms with Crippen LogP contribution < -0.4 is 5.32 Å². The van der Waals surface area contributed by atoms with Gasteiger partial charge in [0, 0.05) is 25.6 Å². The molecular weight excluding hydrogens is 238 g/mol. The molecule has 3 rings (SSSR count). The van der Waals surface area contributed by atoms with E-state index in [1.165, 1.54) is 16.6 Å². The molecule has 1 aromatic heterocycles. The number of para-hydroxylation sites is 1. The minimum absolute atomic E-state index is 0.315. The fourth-order valence-corrected chi connectivity index (χ4v) is 3.12. The van der Waals surface area contributed by atoms with Crippen LogP contribution in [0.2, 0.25) is 0 Å². The van der Waals surface area contributed by atoms with Crippen LogP contribution in [0.3, 0.4) is 0 Å². The molecule has 0 radical (unpaired) electrons. The summed E-state index contributed by atoms with van der Waals surface area (Å²) in [4.78, 5) is 0. The Morgan fingerprint density at radius 3 is 2.79 bits per heavy atom. The Morgan fingerprint density at radius 2 is 2.05 bits per heavy atom. The van der Waals surface area contributed by atoms with E-state index < -0.39 is 0 Å². The van der Waals surface area contributed by atoms with Gasteiger partial charge < -0.3 is 10.1 Å². The zero-order chi connectivity index (χ0) is 13.2. The molecule has 2 heterocycles. The van der Waals surface area contributed by atoms with Crippen molar-refractivity contribution in [3.63, 3.8) is 0 Å². The SMILES string of the molecule is CNC(c1nn(C)c2ccccc12)C1CCOCC1. The number of nitrogens with zero attached hydrogens (tertiary/aromatic N) is 2. The van der Waals surface area contributed by atoms with Crippen LogP contribution in [0.25, 0.3) is 10.9 Å². The molecule has 19 heavy (non-hydrogen) atoms. The number of benzene rings is 1. The van der Waals surface area contributed by atoms with Gasteiger partial charge in [-0.1, -0.05) is 18.2 Å². The zero-order valence-corrected chi connectivity index (χ0v) is 11.6. The molecule has 0 aliphatic carbocycles. The lowest BCUT2D eigenvalue weighted by atomic mass is 9.89. The normalized spacial score (nSPS) is 18.8. The van der Waals surface area contributed by atoms with Crippen LogP contribution in [0.4, 0.5) is 0 Å². The van der Waals surface area contributed by atoms with Gasteiger partial charge in [-0.2, -0.15) is 5.10 Å². The van der Waals surface area contributed by atoms with Crippen LogP contribution in [0.15, 0.2) is 24.3 Å². The van der Waals surface area contributed by atoms with Crippen molar-refractivity contribution in [2.75, 3.05) is 20.3 Å². The van der Waals surface area contributed by atoms with E-state index in [-0.39, 0.29) is 0 Å². The van der Waals surface area contributed by atoms with Crippen molar-refractivity contribution >= 4 is 10.9 Å². The third kappa shape index (κ3) is 2.26. The van der Waals surface area contributed by atoms with Crippen molar-refractivity contribution < 1.29 is 4.74 Å². The summed E-state index contributed by atoms with van der Waals surface area (Å²) in [6.07, 6.45) is 2.22. The third-order valence-corrected chi connectivity index (χ3v) is 4.13. The number of ether oxygens (including phenoxy) is 1. The van der Waals surface area contributed by atoms with E-state index in [1.54, 1.807) is 0 Å². The molecular formula is C15H21N3O. The predicted octanol–water partition coefficient (Wildman–Crippen LogP) is 2.26. The van der Waals surface area contributed by atoms with Gasteiger partial charge in [-0.15, -0.1) is 0 Å². The van der Waals surface area contributed by atoms with Gasteiger partial charge in [-0.25, -0.2) is 0 Å². The smallest absolute Gasteiger partial charge is 0.0875 e. The second kappa shape index (κ2) is 5.31. The number of hydrogen-bond acceptors (Lipinski definition) is 3. The highest BCUT2D eigenvalue weighted by atomic mass is 16.5. The quantitative estimate of drug-likeness (QED) is 0.919. The van der Waals surface area contributed by atoms with Gasteiger partial charge in [0.25, 0.3) is 0 Å². The van der Waals surface area contributed by atoms with Gasteiger partial charge in [-0.3, -0.25) is 4.68 Å². The van der Waals surface area contributed by atoms with Crippen molar-refractivity contribution in [1.29, 1.82) is 0 Å². The molecule has 4 heteroatoms. The molecule has 102 valence electrons. The Morgan fingerprint density at radius 1 is 1.32 bits per heavy atom. The first kappa shape index (κ1) is 12.6. The fourth-order valence-electron chi connectivity index (χ4n) is 3.12. The van der Waals surface area contributed by atoms with Crippen LogP contribution in [0, 0.1) is 5.92 Å². The standard InChI is InChI=1S/C15H21N3O/c1-16-14(11-7-9-19-10-8-11)15-12-5-3-4-6-13(12)18(2)17-15/h3-6,11,14,16H,7-10H2,1-2H3. The minimum atomic E-state index is 0.315. The summed E-state index contributed by atoms with van der Waals surface area (Å²) in [5, 5.41) is 9.47. The second-order valence-electron chi connectivity index (χ2n) is 5.24. The van der Waals surface area contributed by atoms with E-state index in [2.05, 4.69) is 29.6 Å². The van der Waals surface area contributed by atoms with Gasteiger partial charge in [0.05, 0.1) is 17.3 Å². The molecule has 1 N–H and O–H groups in total. The number of aryl methyl sites for hydroxylation is 1. The lowest BCUT2D eigenvalue weighted by Crippen LogP contribution is -2.30. The molecule has 4 nitrogen and oxygen atoms in total. The van der Waals surface area contributed by atoms with Gasteiger partial charge in [0.2, 0.25) is 0 Å². The summed E-state index contributed by atoms with van der Waals surface area (Å²) in [7, 11) is 4.05. The third-order valence-electron chi connectivity index (χ3n) is 4.13. The number of rotatable bonds is 3. The van der Waals surface area contributed by atoms with Gasteiger partial charge in [0.15, 0.2) is 0 Å². The summed E-state index contributed by atoms with van der Waals surface area (Å²) in [6, 6.07) is 8.76.